The minimum absolute atomic E-state index is 0.00835. The number of benzene rings is 2. The van der Waals surface area contributed by atoms with Gasteiger partial charge in [0.15, 0.2) is 6.61 Å². The summed E-state index contributed by atoms with van der Waals surface area (Å²) in [6, 6.07) is 9.60. The quantitative estimate of drug-likeness (QED) is 0.788. The number of amides is 1. The van der Waals surface area contributed by atoms with Crippen molar-refractivity contribution in [3.05, 3.63) is 58.7 Å². The standard InChI is InChI=1S/C20H22N2O5S/c1-12-4-6-17(13(2)8-12)20(24)27-11-19(23)22-14(3)9-15-10-16(28(21,25)26)5-7-18(15)22/h4-8,10,14H,9,11H2,1-3H3,(H2,21,25,26). The molecule has 0 saturated heterocycles. The number of hydrogen-bond donors (Lipinski definition) is 1. The van der Waals surface area contributed by atoms with E-state index in [4.69, 9.17) is 9.88 Å². The van der Waals surface area contributed by atoms with Crippen molar-refractivity contribution >= 4 is 27.6 Å². The predicted molar refractivity (Wildman–Crippen MR) is 105 cm³/mol. The molecule has 2 aromatic carbocycles. The first-order valence-corrected chi connectivity index (χ1v) is 10.3. The van der Waals surface area contributed by atoms with E-state index in [0.717, 1.165) is 11.1 Å². The highest BCUT2D eigenvalue weighted by molar-refractivity contribution is 7.89. The van der Waals surface area contributed by atoms with Crippen molar-refractivity contribution in [1.82, 2.24) is 0 Å². The Kier molecular flexibility index (Phi) is 5.27. The molecule has 0 aliphatic carbocycles. The minimum atomic E-state index is -3.81. The van der Waals surface area contributed by atoms with Crippen LogP contribution in [0.3, 0.4) is 0 Å². The topological polar surface area (TPSA) is 107 Å². The van der Waals surface area contributed by atoms with Gasteiger partial charge in [-0.05, 0) is 62.6 Å². The molecule has 148 valence electrons. The van der Waals surface area contributed by atoms with E-state index in [0.29, 0.717) is 23.2 Å². The summed E-state index contributed by atoms with van der Waals surface area (Å²) in [7, 11) is -3.81. The van der Waals surface area contributed by atoms with Crippen LogP contribution < -0.4 is 10.0 Å². The maximum Gasteiger partial charge on any atom is 0.338 e. The number of nitrogens with zero attached hydrogens (tertiary/aromatic N) is 1. The Balaban J connectivity index is 1.74. The van der Waals surface area contributed by atoms with Gasteiger partial charge in [-0.1, -0.05) is 17.7 Å². The van der Waals surface area contributed by atoms with Gasteiger partial charge in [0, 0.05) is 11.7 Å². The molecule has 1 atom stereocenters. The molecule has 0 aromatic heterocycles. The molecule has 1 aliphatic heterocycles. The first kappa shape index (κ1) is 20.0. The lowest BCUT2D eigenvalue weighted by Crippen LogP contribution is -2.38. The molecule has 1 aliphatic rings. The molecule has 28 heavy (non-hydrogen) atoms. The van der Waals surface area contributed by atoms with Crippen molar-refractivity contribution in [2.45, 2.75) is 38.1 Å². The number of rotatable bonds is 4. The lowest BCUT2D eigenvalue weighted by atomic mass is 10.1. The van der Waals surface area contributed by atoms with E-state index >= 15 is 0 Å². The van der Waals surface area contributed by atoms with Crippen LogP contribution in [0, 0.1) is 13.8 Å². The Hall–Kier alpha value is -2.71. The van der Waals surface area contributed by atoms with Crippen LogP contribution in [0.2, 0.25) is 0 Å². The molecule has 7 nitrogen and oxygen atoms in total. The molecule has 1 heterocycles. The van der Waals surface area contributed by atoms with Crippen molar-refractivity contribution < 1.29 is 22.7 Å². The van der Waals surface area contributed by atoms with Crippen LogP contribution in [-0.4, -0.2) is 32.9 Å². The smallest absolute Gasteiger partial charge is 0.338 e. The maximum absolute atomic E-state index is 12.7. The Morgan fingerprint density at radius 1 is 1.18 bits per heavy atom. The summed E-state index contributed by atoms with van der Waals surface area (Å²) in [6.07, 6.45) is 0.495. The van der Waals surface area contributed by atoms with Gasteiger partial charge in [0.25, 0.3) is 5.91 Å². The molecule has 0 saturated carbocycles. The van der Waals surface area contributed by atoms with E-state index in [1.165, 1.54) is 17.0 Å². The molecule has 0 bridgehead atoms. The second-order valence-electron chi connectivity index (χ2n) is 7.05. The molecule has 8 heteroatoms. The summed E-state index contributed by atoms with van der Waals surface area (Å²) in [5, 5.41) is 5.17. The first-order valence-electron chi connectivity index (χ1n) is 8.80. The Morgan fingerprint density at radius 3 is 2.54 bits per heavy atom. The van der Waals surface area contributed by atoms with Crippen LogP contribution in [-0.2, 0) is 26.0 Å². The lowest BCUT2D eigenvalue weighted by Gasteiger charge is -2.22. The fraction of sp³-hybridized carbons (Fsp3) is 0.300. The highest BCUT2D eigenvalue weighted by Gasteiger charge is 2.32. The number of carbonyl (C=O) groups excluding carboxylic acids is 2. The summed E-state index contributed by atoms with van der Waals surface area (Å²) < 4.78 is 28.3. The largest absolute Gasteiger partial charge is 0.452 e. The SMILES string of the molecule is Cc1ccc(C(=O)OCC(=O)N2c3ccc(S(N)(=O)=O)cc3CC2C)c(C)c1. The van der Waals surface area contributed by atoms with Crippen LogP contribution in [0.25, 0.3) is 0 Å². The van der Waals surface area contributed by atoms with Crippen molar-refractivity contribution in [2.24, 2.45) is 5.14 Å². The second-order valence-corrected chi connectivity index (χ2v) is 8.61. The van der Waals surface area contributed by atoms with E-state index in [1.807, 2.05) is 32.9 Å². The minimum Gasteiger partial charge on any atom is -0.452 e. The summed E-state index contributed by atoms with van der Waals surface area (Å²) in [6.45, 7) is 5.19. The number of esters is 1. The van der Waals surface area contributed by atoms with Gasteiger partial charge in [-0.3, -0.25) is 4.79 Å². The van der Waals surface area contributed by atoms with Gasteiger partial charge in [-0.15, -0.1) is 0 Å². The number of aryl methyl sites for hydroxylation is 2. The third-order valence-corrected chi connectivity index (χ3v) is 5.70. The monoisotopic (exact) mass is 402 g/mol. The fourth-order valence-electron chi connectivity index (χ4n) is 3.48. The van der Waals surface area contributed by atoms with E-state index in [2.05, 4.69) is 0 Å². The van der Waals surface area contributed by atoms with E-state index in [1.54, 1.807) is 12.1 Å². The number of anilines is 1. The zero-order chi connectivity index (χ0) is 20.6. The van der Waals surface area contributed by atoms with Gasteiger partial charge < -0.3 is 9.64 Å². The molecule has 0 radical (unpaired) electrons. The third kappa shape index (κ3) is 3.93. The van der Waals surface area contributed by atoms with Crippen LogP contribution in [0.15, 0.2) is 41.3 Å². The fourth-order valence-corrected chi connectivity index (χ4v) is 4.05. The molecule has 3 rings (SSSR count). The predicted octanol–water partition coefficient (Wildman–Crippen LogP) is 2.09. The average molecular weight is 402 g/mol. The van der Waals surface area contributed by atoms with E-state index < -0.39 is 22.6 Å². The van der Waals surface area contributed by atoms with Crippen LogP contribution in [0.5, 0.6) is 0 Å². The molecular formula is C20H22N2O5S. The number of ether oxygens (including phenoxy) is 1. The van der Waals surface area contributed by atoms with Crippen LogP contribution >= 0.6 is 0 Å². The highest BCUT2D eigenvalue weighted by atomic mass is 32.2. The average Bonchev–Trinajstić information content (AvgIpc) is 2.93. The highest BCUT2D eigenvalue weighted by Crippen LogP contribution is 2.33. The van der Waals surface area contributed by atoms with E-state index in [9.17, 15) is 18.0 Å². The van der Waals surface area contributed by atoms with Crippen molar-refractivity contribution in [3.63, 3.8) is 0 Å². The van der Waals surface area contributed by atoms with Gasteiger partial charge in [-0.2, -0.15) is 0 Å². The van der Waals surface area contributed by atoms with E-state index in [-0.39, 0.29) is 16.8 Å². The van der Waals surface area contributed by atoms with Gasteiger partial charge in [0.05, 0.1) is 10.5 Å². The van der Waals surface area contributed by atoms with Gasteiger partial charge in [0.2, 0.25) is 10.0 Å². The zero-order valence-electron chi connectivity index (χ0n) is 15.9. The maximum atomic E-state index is 12.7. The molecule has 2 N–H and O–H groups in total. The second kappa shape index (κ2) is 7.37. The number of hydrogen-bond acceptors (Lipinski definition) is 5. The van der Waals surface area contributed by atoms with Crippen molar-refractivity contribution in [2.75, 3.05) is 11.5 Å². The molecule has 1 unspecified atom stereocenters. The first-order chi connectivity index (χ1) is 13.1. The Bertz CT molecular complexity index is 1060. The van der Waals surface area contributed by atoms with Crippen LogP contribution in [0.4, 0.5) is 5.69 Å². The number of primary sulfonamides is 1. The Morgan fingerprint density at radius 2 is 1.89 bits per heavy atom. The third-order valence-electron chi connectivity index (χ3n) is 4.79. The molecule has 1 amide bonds. The molecule has 0 spiro atoms. The number of fused-ring (bicyclic) bond motifs is 1. The van der Waals surface area contributed by atoms with Gasteiger partial charge in [-0.25, -0.2) is 18.4 Å². The zero-order valence-corrected chi connectivity index (χ0v) is 16.7. The van der Waals surface area contributed by atoms with Gasteiger partial charge >= 0.3 is 5.97 Å². The lowest BCUT2D eigenvalue weighted by molar-refractivity contribution is -0.122. The normalized spacial score (nSPS) is 16.0. The summed E-state index contributed by atoms with van der Waals surface area (Å²) >= 11 is 0. The summed E-state index contributed by atoms with van der Waals surface area (Å²) in [5.41, 5.74) is 3.56. The van der Waals surface area contributed by atoms with Crippen LogP contribution in [0.1, 0.15) is 34.0 Å². The van der Waals surface area contributed by atoms with Crippen molar-refractivity contribution in [3.8, 4) is 0 Å². The van der Waals surface area contributed by atoms with Gasteiger partial charge in [0.1, 0.15) is 0 Å². The molecule has 2 aromatic rings. The summed E-state index contributed by atoms with van der Waals surface area (Å²) in [4.78, 5) is 26.5. The number of nitrogens with two attached hydrogens (primary N) is 1. The number of carbonyl (C=O) groups is 2. The molecular weight excluding hydrogens is 380 g/mol. The summed E-state index contributed by atoms with van der Waals surface area (Å²) in [5.74, 6) is -0.921. The molecule has 0 fully saturated rings. The Labute approximate surface area is 164 Å². The number of sulfonamides is 1. The van der Waals surface area contributed by atoms with Crippen molar-refractivity contribution in [1.29, 1.82) is 0 Å².